The third kappa shape index (κ3) is 5.52. The molecule has 0 N–H and O–H groups in total. The van der Waals surface area contributed by atoms with Gasteiger partial charge >= 0.3 is 5.69 Å². The van der Waals surface area contributed by atoms with E-state index in [-0.39, 0.29) is 29.5 Å². The van der Waals surface area contributed by atoms with Crippen molar-refractivity contribution in [2.45, 2.75) is 51.6 Å². The van der Waals surface area contributed by atoms with Gasteiger partial charge < -0.3 is 4.74 Å². The smallest absolute Gasteiger partial charge is 0.312 e. The topological polar surface area (TPSA) is 99.6 Å². The number of aryl methyl sites for hydroxylation is 1. The Morgan fingerprint density at radius 1 is 1.13 bits per heavy atom. The van der Waals surface area contributed by atoms with Gasteiger partial charge in [0.05, 0.1) is 22.0 Å². The average Bonchev–Trinajstić information content (AvgIpc) is 2.92. The number of nitro benzene ring substituents is 1. The van der Waals surface area contributed by atoms with Gasteiger partial charge in [-0.05, 0) is 43.5 Å². The van der Waals surface area contributed by atoms with Gasteiger partial charge in [0.2, 0.25) is 5.75 Å². The molecule has 1 heterocycles. The van der Waals surface area contributed by atoms with E-state index in [9.17, 15) is 14.9 Å². The summed E-state index contributed by atoms with van der Waals surface area (Å²) in [5.74, 6) is 0.827. The second-order valence-corrected chi connectivity index (χ2v) is 10.5. The maximum absolute atomic E-state index is 13.5. The Labute approximate surface area is 228 Å². The number of aromatic nitrogens is 2. The van der Waals surface area contributed by atoms with Gasteiger partial charge in [-0.1, -0.05) is 77.2 Å². The molecule has 194 valence electrons. The maximum Gasteiger partial charge on any atom is 0.312 e. The summed E-state index contributed by atoms with van der Waals surface area (Å²) >= 11 is 3.37. The van der Waals surface area contributed by atoms with Crippen molar-refractivity contribution in [1.29, 1.82) is 0 Å². The number of rotatable bonds is 7. The lowest BCUT2D eigenvalue weighted by Gasteiger charge is -2.22. The Bertz CT molecular complexity index is 1590. The Balaban J connectivity index is 1.60. The van der Waals surface area contributed by atoms with Crippen LogP contribution < -0.4 is 10.3 Å². The molecule has 1 aromatic heterocycles. The van der Waals surface area contributed by atoms with Crippen molar-refractivity contribution in [1.82, 2.24) is 9.66 Å². The molecule has 9 heteroatoms. The van der Waals surface area contributed by atoms with E-state index in [0.29, 0.717) is 26.8 Å². The molecule has 0 amide bonds. The van der Waals surface area contributed by atoms with Crippen LogP contribution in [0.15, 0.2) is 75.0 Å². The maximum atomic E-state index is 13.5. The van der Waals surface area contributed by atoms with E-state index < -0.39 is 4.92 Å². The lowest BCUT2D eigenvalue weighted by atomic mass is 9.88. The van der Waals surface area contributed by atoms with Crippen LogP contribution in [0, 0.1) is 17.0 Å². The molecule has 0 aliphatic heterocycles. The first kappa shape index (κ1) is 25.8. The van der Waals surface area contributed by atoms with Crippen molar-refractivity contribution < 1.29 is 9.66 Å². The van der Waals surface area contributed by atoms with E-state index in [1.54, 1.807) is 18.2 Å². The number of halogens is 1. The first-order chi connectivity index (χ1) is 18.4. The van der Waals surface area contributed by atoms with Crippen molar-refractivity contribution in [3.05, 3.63) is 108 Å². The molecule has 38 heavy (non-hydrogen) atoms. The lowest BCUT2D eigenvalue weighted by molar-refractivity contribution is -0.386. The molecule has 4 aromatic rings. The Morgan fingerprint density at radius 3 is 2.68 bits per heavy atom. The van der Waals surface area contributed by atoms with Crippen molar-refractivity contribution in [2.75, 3.05) is 0 Å². The van der Waals surface area contributed by atoms with Gasteiger partial charge in [0.25, 0.3) is 5.56 Å². The minimum absolute atomic E-state index is 0.0875. The molecule has 0 atom stereocenters. The molecule has 1 aliphatic rings. The number of para-hydroxylation sites is 1. The van der Waals surface area contributed by atoms with Crippen LogP contribution in [0.5, 0.6) is 5.75 Å². The van der Waals surface area contributed by atoms with Crippen LogP contribution in [-0.4, -0.2) is 20.8 Å². The Morgan fingerprint density at radius 2 is 1.92 bits per heavy atom. The zero-order chi connectivity index (χ0) is 26.6. The van der Waals surface area contributed by atoms with Crippen LogP contribution >= 0.6 is 15.9 Å². The molecular formula is C29H27BrN4O4. The largest absolute Gasteiger partial charge is 0.481 e. The summed E-state index contributed by atoms with van der Waals surface area (Å²) in [6.45, 7) is 2.12. The second-order valence-electron chi connectivity index (χ2n) is 9.56. The molecule has 0 bridgehead atoms. The van der Waals surface area contributed by atoms with E-state index in [1.165, 1.54) is 23.4 Å². The fourth-order valence-corrected chi connectivity index (χ4v) is 5.41. The van der Waals surface area contributed by atoms with Crippen LogP contribution in [0.1, 0.15) is 60.5 Å². The van der Waals surface area contributed by atoms with E-state index in [2.05, 4.69) is 21.0 Å². The minimum Gasteiger partial charge on any atom is -0.481 e. The number of hydrogen-bond donors (Lipinski definition) is 0. The van der Waals surface area contributed by atoms with Gasteiger partial charge in [-0.3, -0.25) is 14.9 Å². The summed E-state index contributed by atoms with van der Waals surface area (Å²) in [7, 11) is 0. The molecule has 0 spiro atoms. The number of ether oxygens (including phenoxy) is 1. The molecule has 3 aromatic carbocycles. The highest BCUT2D eigenvalue weighted by atomic mass is 79.9. The molecule has 5 rings (SSSR count). The number of benzene rings is 3. The van der Waals surface area contributed by atoms with Crippen LogP contribution in [-0.2, 0) is 6.61 Å². The zero-order valence-electron chi connectivity index (χ0n) is 21.0. The molecular weight excluding hydrogens is 548 g/mol. The van der Waals surface area contributed by atoms with Gasteiger partial charge in [0.15, 0.2) is 0 Å². The normalized spacial score (nSPS) is 14.3. The third-order valence-electron chi connectivity index (χ3n) is 6.79. The van der Waals surface area contributed by atoms with Gasteiger partial charge in [-0.25, -0.2) is 4.98 Å². The molecule has 1 fully saturated rings. The Kier molecular flexibility index (Phi) is 7.64. The summed E-state index contributed by atoms with van der Waals surface area (Å²) in [6, 6.07) is 18.1. The standard InChI is InChI=1S/C29H27BrN4O4/c1-19-8-7-9-20(14-19)18-38-27-22(15-23(30)16-26(27)34(36)37)17-31-33-28(21-10-3-2-4-11-21)32-25-13-6-5-12-24(25)29(33)35/h5-9,12-17,21H,2-4,10-11,18H2,1H3. The first-order valence-corrected chi connectivity index (χ1v) is 13.4. The van der Waals surface area contributed by atoms with Gasteiger partial charge in [0.1, 0.15) is 12.4 Å². The predicted octanol–water partition coefficient (Wildman–Crippen LogP) is 6.88. The second kappa shape index (κ2) is 11.3. The molecule has 0 saturated heterocycles. The van der Waals surface area contributed by atoms with Crippen molar-refractivity contribution in [3.63, 3.8) is 0 Å². The van der Waals surface area contributed by atoms with Gasteiger partial charge in [-0.2, -0.15) is 9.78 Å². The van der Waals surface area contributed by atoms with Crippen molar-refractivity contribution in [3.8, 4) is 5.75 Å². The number of nitrogens with zero attached hydrogens (tertiary/aromatic N) is 4. The van der Waals surface area contributed by atoms with Gasteiger partial charge in [-0.15, -0.1) is 0 Å². The van der Waals surface area contributed by atoms with E-state index in [1.807, 2.05) is 43.3 Å². The quantitative estimate of drug-likeness (QED) is 0.136. The van der Waals surface area contributed by atoms with Crippen LogP contribution in [0.2, 0.25) is 0 Å². The molecule has 1 aliphatic carbocycles. The van der Waals surface area contributed by atoms with Gasteiger partial charge in [0, 0.05) is 22.0 Å². The highest BCUT2D eigenvalue weighted by Gasteiger charge is 2.24. The highest BCUT2D eigenvalue weighted by molar-refractivity contribution is 9.10. The lowest BCUT2D eigenvalue weighted by Crippen LogP contribution is -2.25. The van der Waals surface area contributed by atoms with Crippen LogP contribution in [0.4, 0.5) is 5.69 Å². The number of fused-ring (bicyclic) bond motifs is 1. The highest BCUT2D eigenvalue weighted by Crippen LogP contribution is 2.35. The summed E-state index contributed by atoms with van der Waals surface area (Å²) in [4.78, 5) is 29.8. The fourth-order valence-electron chi connectivity index (χ4n) is 4.94. The SMILES string of the molecule is Cc1cccc(COc2c(C=Nn3c(C4CCCCC4)nc4ccccc4c3=O)cc(Br)cc2[N+](=O)[O-])c1. The average molecular weight is 575 g/mol. The number of nitro groups is 1. The first-order valence-electron chi connectivity index (χ1n) is 12.6. The molecule has 0 unspecified atom stereocenters. The van der Waals surface area contributed by atoms with Crippen LogP contribution in [0.25, 0.3) is 10.9 Å². The van der Waals surface area contributed by atoms with E-state index in [0.717, 1.165) is 36.8 Å². The summed E-state index contributed by atoms with van der Waals surface area (Å²) < 4.78 is 7.87. The molecule has 8 nitrogen and oxygen atoms in total. The number of hydrogen-bond acceptors (Lipinski definition) is 6. The van der Waals surface area contributed by atoms with E-state index >= 15 is 0 Å². The van der Waals surface area contributed by atoms with Crippen molar-refractivity contribution >= 4 is 38.7 Å². The summed E-state index contributed by atoms with van der Waals surface area (Å²) in [5.41, 5.74) is 2.53. The summed E-state index contributed by atoms with van der Waals surface area (Å²) in [6.07, 6.45) is 6.65. The fraction of sp³-hybridized carbons (Fsp3) is 0.276. The molecule has 1 saturated carbocycles. The zero-order valence-corrected chi connectivity index (χ0v) is 22.6. The third-order valence-corrected chi connectivity index (χ3v) is 7.24. The Hall–Kier alpha value is -3.85. The summed E-state index contributed by atoms with van der Waals surface area (Å²) in [5, 5.41) is 17.0. The minimum atomic E-state index is -0.481. The monoisotopic (exact) mass is 574 g/mol. The molecule has 0 radical (unpaired) electrons. The van der Waals surface area contributed by atoms with Crippen molar-refractivity contribution in [2.24, 2.45) is 5.10 Å². The van der Waals surface area contributed by atoms with Crippen LogP contribution in [0.3, 0.4) is 0 Å². The van der Waals surface area contributed by atoms with E-state index in [4.69, 9.17) is 9.72 Å². The predicted molar refractivity (Wildman–Crippen MR) is 151 cm³/mol.